The first kappa shape index (κ1) is 11.2. The Morgan fingerprint density at radius 3 is 3.00 bits per heavy atom. The molecule has 2 aromatic rings. The molecule has 16 heavy (non-hydrogen) atoms. The molecule has 0 saturated carbocycles. The Hall–Kier alpha value is -1.33. The number of rotatable bonds is 5. The molecule has 0 atom stereocenters. The lowest BCUT2D eigenvalue weighted by molar-refractivity contribution is 0.486. The van der Waals surface area contributed by atoms with Gasteiger partial charge in [-0.05, 0) is 19.1 Å². The van der Waals surface area contributed by atoms with Crippen LogP contribution < -0.4 is 11.1 Å². The Morgan fingerprint density at radius 2 is 2.38 bits per heavy atom. The van der Waals surface area contributed by atoms with Gasteiger partial charge in [-0.3, -0.25) is 0 Å². The summed E-state index contributed by atoms with van der Waals surface area (Å²) in [5, 5.41) is 4.17. The number of nitrogens with zero attached hydrogens (tertiary/aromatic N) is 1. The third-order valence-corrected chi connectivity index (χ3v) is 3.18. The van der Waals surface area contributed by atoms with Crippen molar-refractivity contribution in [2.75, 3.05) is 11.9 Å². The zero-order valence-corrected chi connectivity index (χ0v) is 10.0. The van der Waals surface area contributed by atoms with Crippen molar-refractivity contribution in [1.82, 2.24) is 4.98 Å². The minimum absolute atomic E-state index is 0.552. The molecule has 2 aromatic heterocycles. The molecule has 0 aliphatic rings. The molecule has 2 heterocycles. The Kier molecular flexibility index (Phi) is 3.58. The summed E-state index contributed by atoms with van der Waals surface area (Å²) in [5.41, 5.74) is 5.51. The number of anilines is 1. The summed E-state index contributed by atoms with van der Waals surface area (Å²) in [6, 6.07) is 3.98. The molecule has 0 radical (unpaired) electrons. The Morgan fingerprint density at radius 1 is 1.50 bits per heavy atom. The molecule has 3 N–H and O–H groups in total. The van der Waals surface area contributed by atoms with Crippen LogP contribution in [0.1, 0.15) is 16.4 Å². The summed E-state index contributed by atoms with van der Waals surface area (Å²) in [5.74, 6) is 1.95. The van der Waals surface area contributed by atoms with Crippen molar-refractivity contribution in [1.29, 1.82) is 0 Å². The highest BCUT2D eigenvalue weighted by atomic mass is 32.1. The van der Waals surface area contributed by atoms with E-state index in [-0.39, 0.29) is 0 Å². The van der Waals surface area contributed by atoms with Crippen molar-refractivity contribution in [3.63, 3.8) is 0 Å². The van der Waals surface area contributed by atoms with E-state index in [1.54, 1.807) is 11.3 Å². The van der Waals surface area contributed by atoms with Crippen LogP contribution in [0.3, 0.4) is 0 Å². The lowest BCUT2D eigenvalue weighted by atomic mass is 10.3. The molecule has 0 saturated heterocycles. The fourth-order valence-corrected chi connectivity index (χ4v) is 2.11. The van der Waals surface area contributed by atoms with Gasteiger partial charge in [-0.25, -0.2) is 4.98 Å². The van der Waals surface area contributed by atoms with Crippen molar-refractivity contribution < 1.29 is 4.42 Å². The molecule has 5 heteroatoms. The van der Waals surface area contributed by atoms with E-state index in [0.29, 0.717) is 6.54 Å². The molecular weight excluding hydrogens is 222 g/mol. The SMILES string of the molecule is Cc1ccc(CCNc2ncc(CN)s2)o1. The molecule has 0 unspecified atom stereocenters. The fraction of sp³-hybridized carbons (Fsp3) is 0.364. The van der Waals surface area contributed by atoms with Crippen LogP contribution in [-0.2, 0) is 13.0 Å². The van der Waals surface area contributed by atoms with Gasteiger partial charge in [0.15, 0.2) is 5.13 Å². The predicted molar refractivity (Wildman–Crippen MR) is 65.6 cm³/mol. The van der Waals surface area contributed by atoms with E-state index >= 15 is 0 Å². The van der Waals surface area contributed by atoms with Crippen LogP contribution in [0.15, 0.2) is 22.7 Å². The van der Waals surface area contributed by atoms with Gasteiger partial charge in [0.25, 0.3) is 0 Å². The Bertz CT molecular complexity index is 450. The van der Waals surface area contributed by atoms with Crippen LogP contribution in [0.2, 0.25) is 0 Å². The molecular formula is C11H15N3OS. The smallest absolute Gasteiger partial charge is 0.182 e. The molecule has 0 aromatic carbocycles. The lowest BCUT2D eigenvalue weighted by Gasteiger charge is -1.99. The molecule has 0 amide bonds. The molecule has 0 aliphatic carbocycles. The topological polar surface area (TPSA) is 64.1 Å². The van der Waals surface area contributed by atoms with E-state index in [1.165, 1.54) is 0 Å². The van der Waals surface area contributed by atoms with E-state index in [1.807, 2.05) is 25.3 Å². The summed E-state index contributed by atoms with van der Waals surface area (Å²) in [6.07, 6.45) is 2.68. The zero-order chi connectivity index (χ0) is 11.4. The van der Waals surface area contributed by atoms with Gasteiger partial charge in [-0.1, -0.05) is 0 Å². The average molecular weight is 237 g/mol. The van der Waals surface area contributed by atoms with Crippen molar-refractivity contribution in [3.05, 3.63) is 34.7 Å². The van der Waals surface area contributed by atoms with Crippen LogP contribution in [-0.4, -0.2) is 11.5 Å². The number of aromatic nitrogens is 1. The lowest BCUT2D eigenvalue weighted by Crippen LogP contribution is -2.03. The van der Waals surface area contributed by atoms with E-state index in [4.69, 9.17) is 10.2 Å². The first-order chi connectivity index (χ1) is 7.78. The fourth-order valence-electron chi connectivity index (χ4n) is 1.40. The number of aryl methyl sites for hydroxylation is 1. The third kappa shape index (κ3) is 2.84. The molecule has 0 aliphatic heterocycles. The number of hydrogen-bond donors (Lipinski definition) is 2. The van der Waals surface area contributed by atoms with Crippen LogP contribution in [0.4, 0.5) is 5.13 Å². The van der Waals surface area contributed by atoms with E-state index in [2.05, 4.69) is 10.3 Å². The molecule has 4 nitrogen and oxygen atoms in total. The summed E-state index contributed by atoms with van der Waals surface area (Å²) < 4.78 is 5.47. The monoisotopic (exact) mass is 237 g/mol. The van der Waals surface area contributed by atoms with Gasteiger partial charge in [0.1, 0.15) is 11.5 Å². The maximum absolute atomic E-state index is 5.51. The molecule has 0 spiro atoms. The normalized spacial score (nSPS) is 10.6. The highest BCUT2D eigenvalue weighted by molar-refractivity contribution is 7.15. The maximum atomic E-state index is 5.51. The van der Waals surface area contributed by atoms with Gasteiger partial charge in [0.2, 0.25) is 0 Å². The third-order valence-electron chi connectivity index (χ3n) is 2.20. The summed E-state index contributed by atoms with van der Waals surface area (Å²) >= 11 is 1.60. The quantitative estimate of drug-likeness (QED) is 0.836. The summed E-state index contributed by atoms with van der Waals surface area (Å²) in [4.78, 5) is 5.31. The number of thiazole rings is 1. The van der Waals surface area contributed by atoms with Gasteiger partial charge in [-0.2, -0.15) is 0 Å². The Labute approximate surface area is 98.5 Å². The maximum Gasteiger partial charge on any atom is 0.182 e. The van der Waals surface area contributed by atoms with Crippen LogP contribution in [0, 0.1) is 6.92 Å². The van der Waals surface area contributed by atoms with Gasteiger partial charge < -0.3 is 15.5 Å². The Balaban J connectivity index is 1.79. The molecule has 2 rings (SSSR count). The second-order valence-corrected chi connectivity index (χ2v) is 4.64. The van der Waals surface area contributed by atoms with Gasteiger partial charge in [0, 0.05) is 30.6 Å². The summed E-state index contributed by atoms with van der Waals surface area (Å²) in [6.45, 7) is 3.33. The molecule has 0 fully saturated rings. The van der Waals surface area contributed by atoms with E-state index in [0.717, 1.165) is 34.5 Å². The highest BCUT2D eigenvalue weighted by Crippen LogP contribution is 2.17. The summed E-state index contributed by atoms with van der Waals surface area (Å²) in [7, 11) is 0. The first-order valence-electron chi connectivity index (χ1n) is 5.22. The number of nitrogens with one attached hydrogen (secondary N) is 1. The van der Waals surface area contributed by atoms with Gasteiger partial charge in [0.05, 0.1) is 0 Å². The number of nitrogens with two attached hydrogens (primary N) is 1. The first-order valence-corrected chi connectivity index (χ1v) is 6.03. The average Bonchev–Trinajstić information content (AvgIpc) is 2.88. The van der Waals surface area contributed by atoms with Crippen molar-refractivity contribution >= 4 is 16.5 Å². The zero-order valence-electron chi connectivity index (χ0n) is 9.19. The molecule has 86 valence electrons. The van der Waals surface area contributed by atoms with Crippen molar-refractivity contribution in [3.8, 4) is 0 Å². The van der Waals surface area contributed by atoms with Crippen molar-refractivity contribution in [2.24, 2.45) is 5.73 Å². The van der Waals surface area contributed by atoms with Crippen molar-refractivity contribution in [2.45, 2.75) is 19.9 Å². The standard InChI is InChI=1S/C11H15N3OS/c1-8-2-3-9(15-8)4-5-13-11-14-7-10(6-12)16-11/h2-3,7H,4-6,12H2,1H3,(H,13,14). The largest absolute Gasteiger partial charge is 0.466 e. The second kappa shape index (κ2) is 5.14. The van der Waals surface area contributed by atoms with E-state index in [9.17, 15) is 0 Å². The van der Waals surface area contributed by atoms with E-state index < -0.39 is 0 Å². The second-order valence-electron chi connectivity index (χ2n) is 3.52. The van der Waals surface area contributed by atoms with Gasteiger partial charge in [-0.15, -0.1) is 11.3 Å². The highest BCUT2D eigenvalue weighted by Gasteiger charge is 2.01. The number of hydrogen-bond acceptors (Lipinski definition) is 5. The minimum atomic E-state index is 0.552. The predicted octanol–water partition coefficient (Wildman–Crippen LogP) is 2.16. The number of furan rings is 1. The van der Waals surface area contributed by atoms with Gasteiger partial charge >= 0.3 is 0 Å². The minimum Gasteiger partial charge on any atom is -0.466 e. The van der Waals surface area contributed by atoms with Crippen LogP contribution in [0.25, 0.3) is 0 Å². The van der Waals surface area contributed by atoms with Crippen LogP contribution >= 0.6 is 11.3 Å². The van der Waals surface area contributed by atoms with Crippen LogP contribution in [0.5, 0.6) is 0 Å². The molecule has 0 bridgehead atoms.